The molecule has 0 radical (unpaired) electrons. The van der Waals surface area contributed by atoms with Gasteiger partial charge in [-0.25, -0.2) is 0 Å². The monoisotopic (exact) mass is 293 g/mol. The Morgan fingerprint density at radius 3 is 2.05 bits per heavy atom. The second-order valence-corrected chi connectivity index (χ2v) is 10.0. The smallest absolute Gasteiger partial charge is 0.0144 e. The molecule has 0 aromatic carbocycles. The van der Waals surface area contributed by atoms with Crippen LogP contribution in [-0.4, -0.2) is 12.6 Å². The van der Waals surface area contributed by atoms with Crippen LogP contribution in [0.15, 0.2) is 0 Å². The van der Waals surface area contributed by atoms with E-state index in [4.69, 9.17) is 0 Å². The van der Waals surface area contributed by atoms with Gasteiger partial charge in [-0.1, -0.05) is 67.2 Å². The van der Waals surface area contributed by atoms with Crippen molar-refractivity contribution in [2.75, 3.05) is 6.54 Å². The van der Waals surface area contributed by atoms with Crippen LogP contribution in [-0.2, 0) is 0 Å². The Hall–Kier alpha value is -0.0400. The van der Waals surface area contributed by atoms with Crippen LogP contribution in [0.1, 0.15) is 86.5 Å². The summed E-state index contributed by atoms with van der Waals surface area (Å²) in [6.45, 7) is 15.9. The highest BCUT2D eigenvalue weighted by atomic mass is 14.9. The van der Waals surface area contributed by atoms with Crippen LogP contribution >= 0.6 is 0 Å². The van der Waals surface area contributed by atoms with Gasteiger partial charge in [0.1, 0.15) is 0 Å². The molecule has 0 aromatic rings. The van der Waals surface area contributed by atoms with Gasteiger partial charge in [-0.05, 0) is 54.4 Å². The van der Waals surface area contributed by atoms with Crippen LogP contribution in [0.3, 0.4) is 0 Å². The van der Waals surface area contributed by atoms with E-state index in [0.29, 0.717) is 16.9 Å². The Kier molecular flexibility index (Phi) is 5.45. The Labute approximate surface area is 133 Å². The van der Waals surface area contributed by atoms with E-state index < -0.39 is 0 Å². The molecule has 2 bridgehead atoms. The van der Waals surface area contributed by atoms with Crippen LogP contribution in [0.25, 0.3) is 0 Å². The molecule has 1 heteroatoms. The van der Waals surface area contributed by atoms with Crippen molar-refractivity contribution in [2.45, 2.75) is 92.5 Å². The maximum atomic E-state index is 4.04. The van der Waals surface area contributed by atoms with E-state index in [2.05, 4.69) is 46.9 Å². The lowest BCUT2D eigenvalue weighted by atomic mass is 9.72. The first-order chi connectivity index (χ1) is 9.68. The first-order valence-electron chi connectivity index (χ1n) is 9.41. The van der Waals surface area contributed by atoms with Crippen LogP contribution in [0, 0.1) is 28.6 Å². The highest BCUT2D eigenvalue weighted by molar-refractivity contribution is 4.92. The number of hydrogen-bond acceptors (Lipinski definition) is 1. The minimum absolute atomic E-state index is 0.381. The molecule has 0 amide bonds. The molecule has 0 spiro atoms. The van der Waals surface area contributed by atoms with E-state index in [1.54, 1.807) is 0 Å². The molecule has 2 fully saturated rings. The minimum atomic E-state index is 0.381. The van der Waals surface area contributed by atoms with Gasteiger partial charge in [0.15, 0.2) is 0 Å². The third-order valence-corrected chi connectivity index (χ3v) is 6.21. The van der Waals surface area contributed by atoms with Crippen molar-refractivity contribution in [3.63, 3.8) is 0 Å². The van der Waals surface area contributed by atoms with Gasteiger partial charge in [-0.3, -0.25) is 0 Å². The maximum Gasteiger partial charge on any atom is 0.0144 e. The standard InChI is InChI=1S/C20H39N/c1-19(2,3)17-13-15-9-7-8-10-16(12-11-15)18(21-14-17)20(4,5)6/h15-18,21H,7-14H2,1-6H3. The Balaban J connectivity index is 2.23. The molecular formula is C20H39N. The molecule has 124 valence electrons. The molecule has 0 aromatic heterocycles. The number of hydrogen-bond donors (Lipinski definition) is 1. The molecular weight excluding hydrogens is 254 g/mol. The predicted molar refractivity (Wildman–Crippen MR) is 93.5 cm³/mol. The summed E-state index contributed by atoms with van der Waals surface area (Å²) < 4.78 is 0. The van der Waals surface area contributed by atoms with Gasteiger partial charge in [-0.2, -0.15) is 0 Å². The topological polar surface area (TPSA) is 12.0 Å². The van der Waals surface area contributed by atoms with Crippen LogP contribution in [0.5, 0.6) is 0 Å². The van der Waals surface area contributed by atoms with Gasteiger partial charge in [0.2, 0.25) is 0 Å². The Bertz CT molecular complexity index is 320. The van der Waals surface area contributed by atoms with Gasteiger partial charge < -0.3 is 5.32 Å². The van der Waals surface area contributed by atoms with E-state index in [-0.39, 0.29) is 0 Å². The molecule has 1 nitrogen and oxygen atoms in total. The first kappa shape index (κ1) is 17.3. The molecule has 1 aliphatic carbocycles. The summed E-state index contributed by atoms with van der Waals surface area (Å²) in [4.78, 5) is 0. The quantitative estimate of drug-likeness (QED) is 0.609. The van der Waals surface area contributed by atoms with Crippen molar-refractivity contribution in [1.29, 1.82) is 0 Å². The molecule has 4 atom stereocenters. The fourth-order valence-corrected chi connectivity index (χ4v) is 4.74. The summed E-state index contributed by atoms with van der Waals surface area (Å²) in [7, 11) is 0. The van der Waals surface area contributed by atoms with Crippen molar-refractivity contribution in [2.24, 2.45) is 28.6 Å². The molecule has 2 rings (SSSR count). The molecule has 1 saturated heterocycles. The molecule has 1 N–H and O–H groups in total. The SMILES string of the molecule is CC(C)(C)C1CNC(C(C)(C)C)C2CCCCC(CC2)C1. The molecule has 4 unspecified atom stereocenters. The number of fused-ring (bicyclic) bond motifs is 3. The molecule has 21 heavy (non-hydrogen) atoms. The van der Waals surface area contributed by atoms with Crippen LogP contribution < -0.4 is 5.32 Å². The van der Waals surface area contributed by atoms with E-state index in [1.807, 2.05) is 0 Å². The lowest BCUT2D eigenvalue weighted by Gasteiger charge is -2.40. The van der Waals surface area contributed by atoms with Gasteiger partial charge in [0.25, 0.3) is 0 Å². The number of nitrogens with one attached hydrogen (secondary N) is 1. The van der Waals surface area contributed by atoms with Gasteiger partial charge in [0.05, 0.1) is 0 Å². The lowest BCUT2D eigenvalue weighted by Crippen LogP contribution is -2.48. The second kappa shape index (κ2) is 6.60. The van der Waals surface area contributed by atoms with Gasteiger partial charge in [0, 0.05) is 6.04 Å². The summed E-state index contributed by atoms with van der Waals surface area (Å²) in [5, 5.41) is 4.04. The number of rotatable bonds is 0. The summed E-state index contributed by atoms with van der Waals surface area (Å²) in [6.07, 6.45) is 10.2. The molecule has 1 aliphatic heterocycles. The van der Waals surface area contributed by atoms with Gasteiger partial charge in [-0.15, -0.1) is 0 Å². The van der Waals surface area contributed by atoms with Crippen molar-refractivity contribution in [3.05, 3.63) is 0 Å². The summed E-state index contributed by atoms with van der Waals surface area (Å²) in [6, 6.07) is 0.694. The summed E-state index contributed by atoms with van der Waals surface area (Å²) in [5.41, 5.74) is 0.813. The third kappa shape index (κ3) is 4.71. The predicted octanol–water partition coefficient (Wildman–Crippen LogP) is 5.64. The van der Waals surface area contributed by atoms with E-state index in [9.17, 15) is 0 Å². The molecule has 1 heterocycles. The first-order valence-corrected chi connectivity index (χ1v) is 9.41. The van der Waals surface area contributed by atoms with Crippen molar-refractivity contribution < 1.29 is 0 Å². The van der Waals surface area contributed by atoms with Crippen molar-refractivity contribution in [1.82, 2.24) is 5.32 Å². The fraction of sp³-hybridized carbons (Fsp3) is 1.00. The largest absolute Gasteiger partial charge is 0.313 e. The highest BCUT2D eigenvalue weighted by Crippen LogP contribution is 2.41. The van der Waals surface area contributed by atoms with E-state index >= 15 is 0 Å². The Morgan fingerprint density at radius 1 is 0.762 bits per heavy atom. The van der Waals surface area contributed by atoms with E-state index in [0.717, 1.165) is 17.8 Å². The zero-order valence-electron chi connectivity index (χ0n) is 15.5. The van der Waals surface area contributed by atoms with Gasteiger partial charge >= 0.3 is 0 Å². The highest BCUT2D eigenvalue weighted by Gasteiger charge is 2.37. The maximum absolute atomic E-state index is 4.04. The minimum Gasteiger partial charge on any atom is -0.313 e. The molecule has 2 aliphatic rings. The lowest BCUT2D eigenvalue weighted by molar-refractivity contribution is 0.153. The average Bonchev–Trinajstić information content (AvgIpc) is 2.35. The normalized spacial score (nSPS) is 36.3. The van der Waals surface area contributed by atoms with E-state index in [1.165, 1.54) is 51.5 Å². The fourth-order valence-electron chi connectivity index (χ4n) is 4.74. The van der Waals surface area contributed by atoms with Crippen molar-refractivity contribution in [3.8, 4) is 0 Å². The summed E-state index contributed by atoms with van der Waals surface area (Å²) >= 11 is 0. The Morgan fingerprint density at radius 2 is 1.43 bits per heavy atom. The summed E-state index contributed by atoms with van der Waals surface area (Å²) in [5.74, 6) is 2.70. The van der Waals surface area contributed by atoms with Crippen LogP contribution in [0.2, 0.25) is 0 Å². The zero-order chi connectivity index (χ0) is 15.7. The second-order valence-electron chi connectivity index (χ2n) is 10.0. The molecule has 1 saturated carbocycles. The van der Waals surface area contributed by atoms with Crippen molar-refractivity contribution >= 4 is 0 Å². The van der Waals surface area contributed by atoms with Crippen LogP contribution in [0.4, 0.5) is 0 Å². The third-order valence-electron chi connectivity index (χ3n) is 6.21. The average molecular weight is 294 g/mol. The zero-order valence-corrected chi connectivity index (χ0v) is 15.5.